The molecule has 2 fully saturated rings. The van der Waals surface area contributed by atoms with Crippen LogP contribution in [0.1, 0.15) is 42.5 Å². The minimum absolute atomic E-state index is 0.0989. The Morgan fingerprint density at radius 1 is 1.37 bits per heavy atom. The molecule has 1 N–H and O–H groups in total. The summed E-state index contributed by atoms with van der Waals surface area (Å²) < 4.78 is 32.9. The highest BCUT2D eigenvalue weighted by Gasteiger charge is 2.39. The molecule has 1 aliphatic carbocycles. The first kappa shape index (κ1) is 20.9. The van der Waals surface area contributed by atoms with Crippen LogP contribution in [-0.4, -0.2) is 57.8 Å². The zero-order valence-electron chi connectivity index (χ0n) is 16.5. The molecular weight excluding hydrogens is 416 g/mol. The second-order valence-electron chi connectivity index (χ2n) is 7.61. The molecule has 30 heavy (non-hydrogen) atoms. The van der Waals surface area contributed by atoms with Crippen LogP contribution in [-0.2, 0) is 4.74 Å². The maximum Gasteiger partial charge on any atom is 0.413 e. The number of ether oxygens (including phenoxy) is 1. The molecular formula is C19H23F2N5O3S. The van der Waals surface area contributed by atoms with Gasteiger partial charge in [-0.25, -0.2) is 28.5 Å². The van der Waals surface area contributed by atoms with Crippen molar-refractivity contribution in [1.82, 2.24) is 15.0 Å². The van der Waals surface area contributed by atoms with Gasteiger partial charge in [0, 0.05) is 42.6 Å². The maximum atomic E-state index is 13.5. The van der Waals surface area contributed by atoms with E-state index in [2.05, 4.69) is 15.0 Å². The highest BCUT2D eigenvalue weighted by Crippen LogP contribution is 2.37. The van der Waals surface area contributed by atoms with Gasteiger partial charge in [0.25, 0.3) is 0 Å². The van der Waals surface area contributed by atoms with E-state index in [0.29, 0.717) is 25.5 Å². The van der Waals surface area contributed by atoms with E-state index in [4.69, 9.17) is 4.74 Å². The molecule has 11 heteroatoms. The van der Waals surface area contributed by atoms with Crippen LogP contribution in [0, 0.1) is 6.92 Å². The molecule has 1 saturated carbocycles. The van der Waals surface area contributed by atoms with Gasteiger partial charge in [-0.3, -0.25) is 4.90 Å². The molecule has 2 aromatic rings. The summed E-state index contributed by atoms with van der Waals surface area (Å²) >= 11 is 1.54. The summed E-state index contributed by atoms with van der Waals surface area (Å²) in [5.74, 6) is -1.95. The van der Waals surface area contributed by atoms with Crippen molar-refractivity contribution in [2.24, 2.45) is 0 Å². The van der Waals surface area contributed by atoms with E-state index in [9.17, 15) is 18.7 Å². The Bertz CT molecular complexity index is 902. The summed E-state index contributed by atoms with van der Waals surface area (Å²) in [6, 6.07) is 1.08. The lowest BCUT2D eigenvalue weighted by molar-refractivity contribution is -0.0379. The van der Waals surface area contributed by atoms with Gasteiger partial charge in [-0.15, -0.1) is 11.3 Å². The van der Waals surface area contributed by atoms with Crippen molar-refractivity contribution in [3.05, 3.63) is 28.5 Å². The van der Waals surface area contributed by atoms with Crippen LogP contribution in [0.5, 0.6) is 0 Å². The fourth-order valence-corrected chi connectivity index (χ4v) is 4.73. The van der Waals surface area contributed by atoms with Crippen LogP contribution in [0.2, 0.25) is 0 Å². The smallest absolute Gasteiger partial charge is 0.413 e. The SMILES string of the molecule is Cc1csc(C2CN(c3cc(N(C(=O)O)C4CCC(F)(F)CC4)ncn3)CCO2)n1. The molecule has 0 bridgehead atoms. The molecule has 1 aliphatic heterocycles. The molecule has 0 aromatic carbocycles. The predicted octanol–water partition coefficient (Wildman–Crippen LogP) is 3.88. The number of amides is 1. The number of hydrogen-bond donors (Lipinski definition) is 1. The molecule has 8 nitrogen and oxygen atoms in total. The Morgan fingerprint density at radius 2 is 2.13 bits per heavy atom. The molecule has 2 aliphatic rings. The Balaban J connectivity index is 1.53. The fourth-order valence-electron chi connectivity index (χ4n) is 3.89. The lowest BCUT2D eigenvalue weighted by Gasteiger charge is -2.35. The van der Waals surface area contributed by atoms with Crippen LogP contribution >= 0.6 is 11.3 Å². The second kappa shape index (κ2) is 8.38. The van der Waals surface area contributed by atoms with Gasteiger partial charge in [-0.05, 0) is 19.8 Å². The van der Waals surface area contributed by atoms with Gasteiger partial charge in [-0.2, -0.15) is 0 Å². The molecule has 1 saturated heterocycles. The van der Waals surface area contributed by atoms with Gasteiger partial charge in [-0.1, -0.05) is 0 Å². The minimum atomic E-state index is -2.73. The molecule has 4 rings (SSSR count). The van der Waals surface area contributed by atoms with Gasteiger partial charge in [0.1, 0.15) is 29.1 Å². The number of anilines is 2. The summed E-state index contributed by atoms with van der Waals surface area (Å²) in [6.45, 7) is 3.55. The summed E-state index contributed by atoms with van der Waals surface area (Å²) in [5.41, 5.74) is 0.940. The lowest BCUT2D eigenvalue weighted by Crippen LogP contribution is -2.44. The zero-order chi connectivity index (χ0) is 21.3. The van der Waals surface area contributed by atoms with Crippen molar-refractivity contribution < 1.29 is 23.4 Å². The topological polar surface area (TPSA) is 91.7 Å². The zero-order valence-corrected chi connectivity index (χ0v) is 17.3. The summed E-state index contributed by atoms with van der Waals surface area (Å²) in [4.78, 5) is 28.0. The number of halogens is 2. The molecule has 1 atom stereocenters. The summed E-state index contributed by atoms with van der Waals surface area (Å²) in [7, 11) is 0. The van der Waals surface area contributed by atoms with E-state index in [-0.39, 0.29) is 37.6 Å². The normalized spacial score (nSPS) is 22.1. The molecule has 3 heterocycles. The van der Waals surface area contributed by atoms with Gasteiger partial charge in [0.15, 0.2) is 0 Å². The van der Waals surface area contributed by atoms with Crippen LogP contribution < -0.4 is 9.80 Å². The maximum absolute atomic E-state index is 13.5. The third-order valence-electron chi connectivity index (χ3n) is 5.45. The minimum Gasteiger partial charge on any atom is -0.465 e. The molecule has 162 valence electrons. The first-order valence-electron chi connectivity index (χ1n) is 9.83. The van der Waals surface area contributed by atoms with E-state index in [0.717, 1.165) is 15.6 Å². The number of nitrogens with zero attached hydrogens (tertiary/aromatic N) is 5. The highest BCUT2D eigenvalue weighted by atomic mass is 32.1. The number of alkyl halides is 2. The van der Waals surface area contributed by atoms with Gasteiger partial charge in [0.2, 0.25) is 5.92 Å². The number of hydrogen-bond acceptors (Lipinski definition) is 7. The fraction of sp³-hybridized carbons (Fsp3) is 0.579. The van der Waals surface area contributed by atoms with Crippen LogP contribution in [0.15, 0.2) is 17.8 Å². The summed E-state index contributed by atoms with van der Waals surface area (Å²) in [5, 5.41) is 12.6. The van der Waals surface area contributed by atoms with E-state index >= 15 is 0 Å². The Kier molecular flexibility index (Phi) is 5.83. The average Bonchev–Trinajstić information content (AvgIpc) is 3.16. The molecule has 2 aromatic heterocycles. The number of aromatic nitrogens is 3. The first-order chi connectivity index (χ1) is 14.3. The van der Waals surface area contributed by atoms with Crippen molar-refractivity contribution in [2.75, 3.05) is 29.5 Å². The average molecular weight is 439 g/mol. The van der Waals surface area contributed by atoms with Crippen molar-refractivity contribution in [2.45, 2.75) is 50.7 Å². The largest absolute Gasteiger partial charge is 0.465 e. The van der Waals surface area contributed by atoms with Crippen LogP contribution in [0.3, 0.4) is 0 Å². The van der Waals surface area contributed by atoms with Crippen molar-refractivity contribution >= 4 is 29.1 Å². The van der Waals surface area contributed by atoms with E-state index in [1.165, 1.54) is 6.33 Å². The molecule has 0 spiro atoms. The van der Waals surface area contributed by atoms with Crippen LogP contribution in [0.4, 0.5) is 25.2 Å². The highest BCUT2D eigenvalue weighted by molar-refractivity contribution is 7.09. The van der Waals surface area contributed by atoms with Gasteiger partial charge in [0.05, 0.1) is 13.2 Å². The summed E-state index contributed by atoms with van der Waals surface area (Å²) in [6.07, 6.45) is -0.519. The monoisotopic (exact) mass is 439 g/mol. The van der Waals surface area contributed by atoms with Crippen molar-refractivity contribution in [1.29, 1.82) is 0 Å². The third-order valence-corrected chi connectivity index (χ3v) is 6.50. The Labute approximate surface area is 176 Å². The van der Waals surface area contributed by atoms with Gasteiger partial charge < -0.3 is 14.7 Å². The molecule has 1 unspecified atom stereocenters. The lowest BCUT2D eigenvalue weighted by atomic mass is 9.91. The molecule has 0 radical (unpaired) electrons. The van der Waals surface area contributed by atoms with E-state index in [1.807, 2.05) is 17.2 Å². The predicted molar refractivity (Wildman–Crippen MR) is 107 cm³/mol. The Hall–Kier alpha value is -2.40. The number of aryl methyl sites for hydroxylation is 1. The number of thiazole rings is 1. The van der Waals surface area contributed by atoms with Crippen molar-refractivity contribution in [3.63, 3.8) is 0 Å². The molecule has 1 amide bonds. The standard InChI is InChI=1S/C19H23F2N5O3S/c1-12-10-30-17(24-12)14-9-25(6-7-29-14)15-8-16(23-11-22-15)26(18(27)28)13-2-4-19(20,21)5-3-13/h8,10-11,13-14H,2-7,9H2,1H3,(H,27,28). The van der Waals surface area contributed by atoms with E-state index < -0.39 is 18.1 Å². The third kappa shape index (κ3) is 4.51. The second-order valence-corrected chi connectivity index (χ2v) is 8.50. The quantitative estimate of drug-likeness (QED) is 0.773. The number of morpholine rings is 1. The number of rotatable bonds is 4. The number of carboxylic acid groups (broad SMARTS) is 1. The first-order valence-corrected chi connectivity index (χ1v) is 10.7. The van der Waals surface area contributed by atoms with Crippen LogP contribution in [0.25, 0.3) is 0 Å². The van der Waals surface area contributed by atoms with Crippen molar-refractivity contribution in [3.8, 4) is 0 Å². The number of carbonyl (C=O) groups is 1. The van der Waals surface area contributed by atoms with E-state index in [1.54, 1.807) is 17.4 Å². The van der Waals surface area contributed by atoms with Gasteiger partial charge >= 0.3 is 6.09 Å². The Morgan fingerprint density at radius 3 is 2.80 bits per heavy atom.